The van der Waals surface area contributed by atoms with Gasteiger partial charge in [-0.1, -0.05) is 0 Å². The van der Waals surface area contributed by atoms with Crippen LogP contribution in [0.3, 0.4) is 0 Å². The van der Waals surface area contributed by atoms with E-state index < -0.39 is 16.0 Å². The molecule has 1 amide bonds. The molecule has 0 aliphatic carbocycles. The molecule has 0 aromatic heterocycles. The van der Waals surface area contributed by atoms with E-state index in [4.69, 9.17) is 5.73 Å². The maximum atomic E-state index is 11.6. The Labute approximate surface area is 81.7 Å². The van der Waals surface area contributed by atoms with Crippen LogP contribution in [0.2, 0.25) is 0 Å². The van der Waals surface area contributed by atoms with Crippen molar-refractivity contribution in [3.8, 4) is 0 Å². The third-order valence-corrected chi connectivity index (χ3v) is 3.69. The van der Waals surface area contributed by atoms with Gasteiger partial charge in [-0.2, -0.15) is 0 Å². The number of rotatable bonds is 5. The quantitative estimate of drug-likeness (QED) is 0.643. The van der Waals surface area contributed by atoms with Crippen LogP contribution in [0.25, 0.3) is 0 Å². The Kier molecular flexibility index (Phi) is 5.90. The lowest BCUT2D eigenvalue weighted by atomic mass is 10.4. The highest BCUT2D eigenvalue weighted by molar-refractivity contribution is 7.87. The number of carbonyl (C=O) groups is 1. The Morgan fingerprint density at radius 1 is 1.54 bits per heavy atom. The second-order valence-electron chi connectivity index (χ2n) is 2.91. The minimum Gasteiger partial charge on any atom is -0.355 e. The Balaban J connectivity index is 4.16. The van der Waals surface area contributed by atoms with Crippen LogP contribution in [-0.2, 0) is 15.6 Å². The van der Waals surface area contributed by atoms with E-state index in [1.807, 2.05) is 6.92 Å². The zero-order chi connectivity index (χ0) is 10.4. The molecule has 78 valence electrons. The Morgan fingerprint density at radius 3 is 2.46 bits per heavy atom. The van der Waals surface area contributed by atoms with E-state index in [2.05, 4.69) is 5.32 Å². The lowest BCUT2D eigenvalue weighted by molar-refractivity contribution is -0.120. The van der Waals surface area contributed by atoms with Crippen molar-refractivity contribution in [2.45, 2.75) is 31.3 Å². The SMILES string of the molecule is CCNC(=O)C(C)S(=O)C(C)CN. The van der Waals surface area contributed by atoms with Gasteiger partial charge in [0, 0.05) is 29.1 Å². The predicted octanol–water partition coefficient (Wildman–Crippen LogP) is -0.393. The van der Waals surface area contributed by atoms with Crippen molar-refractivity contribution in [3.05, 3.63) is 0 Å². The molecule has 13 heavy (non-hydrogen) atoms. The standard InChI is InChI=1S/C8H18N2O2S/c1-4-10-8(11)7(3)13(12)6(2)5-9/h6-7H,4-5,9H2,1-3H3,(H,10,11). The fourth-order valence-electron chi connectivity index (χ4n) is 0.867. The largest absolute Gasteiger partial charge is 0.355 e. The summed E-state index contributed by atoms with van der Waals surface area (Å²) >= 11 is 0. The van der Waals surface area contributed by atoms with Crippen LogP contribution in [0.1, 0.15) is 20.8 Å². The second-order valence-corrected chi connectivity index (χ2v) is 5.08. The summed E-state index contributed by atoms with van der Waals surface area (Å²) in [5.41, 5.74) is 5.36. The summed E-state index contributed by atoms with van der Waals surface area (Å²) in [6.07, 6.45) is 0. The lowest BCUT2D eigenvalue weighted by Gasteiger charge is -2.14. The van der Waals surface area contributed by atoms with Gasteiger partial charge in [-0.15, -0.1) is 0 Å². The fraction of sp³-hybridized carbons (Fsp3) is 0.875. The number of hydrogen-bond acceptors (Lipinski definition) is 3. The molecule has 0 aliphatic rings. The average Bonchev–Trinajstić information content (AvgIpc) is 2.14. The van der Waals surface area contributed by atoms with Gasteiger partial charge >= 0.3 is 0 Å². The molecule has 0 radical (unpaired) electrons. The number of hydrogen-bond donors (Lipinski definition) is 2. The summed E-state index contributed by atoms with van der Waals surface area (Å²) in [7, 11) is -1.18. The topological polar surface area (TPSA) is 72.2 Å². The van der Waals surface area contributed by atoms with Crippen LogP contribution < -0.4 is 11.1 Å². The molecule has 0 fully saturated rings. The molecule has 0 bridgehead atoms. The fourth-order valence-corrected chi connectivity index (χ4v) is 2.05. The third-order valence-electron chi connectivity index (χ3n) is 1.80. The van der Waals surface area contributed by atoms with Crippen molar-refractivity contribution in [2.24, 2.45) is 5.73 Å². The van der Waals surface area contributed by atoms with Crippen LogP contribution in [0, 0.1) is 0 Å². The molecule has 0 aromatic rings. The molecule has 0 saturated heterocycles. The molecule has 0 saturated carbocycles. The smallest absolute Gasteiger partial charge is 0.235 e. The first-order valence-electron chi connectivity index (χ1n) is 4.41. The highest BCUT2D eigenvalue weighted by atomic mass is 32.2. The van der Waals surface area contributed by atoms with Crippen LogP contribution in [0.15, 0.2) is 0 Å². The van der Waals surface area contributed by atoms with E-state index in [0.29, 0.717) is 13.1 Å². The van der Waals surface area contributed by atoms with Crippen LogP contribution >= 0.6 is 0 Å². The maximum absolute atomic E-state index is 11.6. The molecule has 5 heteroatoms. The first-order chi connectivity index (χ1) is 6.04. The molecule has 0 aliphatic heterocycles. The Morgan fingerprint density at radius 2 is 2.08 bits per heavy atom. The molecule has 0 heterocycles. The number of carbonyl (C=O) groups excluding carboxylic acids is 1. The summed E-state index contributed by atoms with van der Waals surface area (Å²) < 4.78 is 11.6. The predicted molar refractivity (Wildman–Crippen MR) is 54.8 cm³/mol. The maximum Gasteiger partial charge on any atom is 0.235 e. The van der Waals surface area contributed by atoms with E-state index in [1.54, 1.807) is 13.8 Å². The normalized spacial score (nSPS) is 17.5. The van der Waals surface area contributed by atoms with Gasteiger partial charge in [0.25, 0.3) is 0 Å². The van der Waals surface area contributed by atoms with E-state index in [9.17, 15) is 9.00 Å². The van der Waals surface area contributed by atoms with Gasteiger partial charge in [0.05, 0.1) is 0 Å². The highest BCUT2D eigenvalue weighted by Gasteiger charge is 2.22. The van der Waals surface area contributed by atoms with Crippen molar-refractivity contribution in [3.63, 3.8) is 0 Å². The molecule has 0 rings (SSSR count). The van der Waals surface area contributed by atoms with Gasteiger partial charge < -0.3 is 11.1 Å². The van der Waals surface area contributed by atoms with Crippen molar-refractivity contribution in [1.29, 1.82) is 0 Å². The third kappa shape index (κ3) is 3.87. The first kappa shape index (κ1) is 12.6. The number of nitrogens with one attached hydrogen (secondary N) is 1. The first-order valence-corrected chi connectivity index (χ1v) is 5.69. The van der Waals surface area contributed by atoms with E-state index in [-0.39, 0.29) is 11.2 Å². The molecule has 3 N–H and O–H groups in total. The Hall–Kier alpha value is -0.420. The van der Waals surface area contributed by atoms with Gasteiger partial charge in [0.15, 0.2) is 0 Å². The Bertz CT molecular complexity index is 197. The molecule has 3 atom stereocenters. The molecule has 4 nitrogen and oxygen atoms in total. The second kappa shape index (κ2) is 6.10. The van der Waals surface area contributed by atoms with Crippen molar-refractivity contribution >= 4 is 16.7 Å². The van der Waals surface area contributed by atoms with Crippen molar-refractivity contribution < 1.29 is 9.00 Å². The minimum absolute atomic E-state index is 0.127. The monoisotopic (exact) mass is 206 g/mol. The van der Waals surface area contributed by atoms with Crippen molar-refractivity contribution in [2.75, 3.05) is 13.1 Å². The molecule has 0 spiro atoms. The van der Waals surface area contributed by atoms with Crippen LogP contribution in [0.4, 0.5) is 0 Å². The molecular formula is C8H18N2O2S. The summed E-state index contributed by atoms with van der Waals surface area (Å²) in [6.45, 7) is 6.19. The molecule has 0 aromatic carbocycles. The summed E-state index contributed by atoms with van der Waals surface area (Å²) in [6, 6.07) is 0. The van der Waals surface area contributed by atoms with E-state index in [0.717, 1.165) is 0 Å². The summed E-state index contributed by atoms with van der Waals surface area (Å²) in [5.74, 6) is -0.166. The van der Waals surface area contributed by atoms with E-state index >= 15 is 0 Å². The summed E-state index contributed by atoms with van der Waals surface area (Å²) in [4.78, 5) is 11.3. The van der Waals surface area contributed by atoms with Gasteiger partial charge in [-0.3, -0.25) is 9.00 Å². The molecule has 3 unspecified atom stereocenters. The number of amides is 1. The zero-order valence-corrected chi connectivity index (χ0v) is 9.19. The highest BCUT2D eigenvalue weighted by Crippen LogP contribution is 2.02. The molecular weight excluding hydrogens is 188 g/mol. The number of nitrogens with two attached hydrogens (primary N) is 1. The van der Waals surface area contributed by atoms with Gasteiger partial charge in [-0.25, -0.2) is 0 Å². The van der Waals surface area contributed by atoms with Gasteiger partial charge in [-0.05, 0) is 20.8 Å². The van der Waals surface area contributed by atoms with Crippen LogP contribution in [0.5, 0.6) is 0 Å². The lowest BCUT2D eigenvalue weighted by Crippen LogP contribution is -2.39. The van der Waals surface area contributed by atoms with E-state index in [1.165, 1.54) is 0 Å². The van der Waals surface area contributed by atoms with Crippen molar-refractivity contribution in [1.82, 2.24) is 5.32 Å². The summed E-state index contributed by atoms with van der Waals surface area (Å²) in [5, 5.41) is 2.03. The van der Waals surface area contributed by atoms with Crippen LogP contribution in [-0.4, -0.2) is 33.7 Å². The average molecular weight is 206 g/mol. The van der Waals surface area contributed by atoms with Gasteiger partial charge in [0.1, 0.15) is 5.25 Å². The van der Waals surface area contributed by atoms with Gasteiger partial charge in [0.2, 0.25) is 5.91 Å². The zero-order valence-electron chi connectivity index (χ0n) is 8.37. The minimum atomic E-state index is -1.18.